The van der Waals surface area contributed by atoms with Crippen molar-refractivity contribution in [1.29, 1.82) is 0 Å². The predicted octanol–water partition coefficient (Wildman–Crippen LogP) is 2.96. The number of sulfonamides is 1. The normalized spacial score (nSPS) is 11.1. The summed E-state index contributed by atoms with van der Waals surface area (Å²) in [5.74, 6) is 0.768. The molecule has 0 bridgehead atoms. The van der Waals surface area contributed by atoms with Gasteiger partial charge in [0.25, 0.3) is 10.0 Å². The first-order valence-electron chi connectivity index (χ1n) is 7.39. The molecule has 3 rings (SSSR count). The lowest BCUT2D eigenvalue weighted by molar-refractivity contribution is 0.462. The molecule has 0 atom stereocenters. The van der Waals surface area contributed by atoms with Crippen LogP contribution in [0.4, 0.5) is 11.6 Å². The number of aryl methyl sites for hydroxylation is 1. The summed E-state index contributed by atoms with van der Waals surface area (Å²) in [4.78, 5) is 8.27. The molecule has 0 aliphatic carbocycles. The van der Waals surface area contributed by atoms with E-state index in [9.17, 15) is 8.42 Å². The van der Waals surface area contributed by atoms with Gasteiger partial charge in [0, 0.05) is 17.4 Å². The molecular formula is C17H16N4O3S. The van der Waals surface area contributed by atoms with Crippen molar-refractivity contribution < 1.29 is 13.2 Å². The first-order chi connectivity index (χ1) is 11.9. The molecule has 7 nitrogen and oxygen atoms in total. The Balaban J connectivity index is 1.86. The first kappa shape index (κ1) is 16.7. The van der Waals surface area contributed by atoms with Crippen LogP contribution in [-0.4, -0.2) is 18.4 Å². The third-order valence-corrected chi connectivity index (χ3v) is 4.56. The monoisotopic (exact) mass is 356 g/mol. The molecular weight excluding hydrogens is 340 g/mol. The molecule has 1 heterocycles. The third-order valence-electron chi connectivity index (χ3n) is 3.21. The second kappa shape index (κ2) is 6.78. The summed E-state index contributed by atoms with van der Waals surface area (Å²) in [5.41, 5.74) is 6.62. The topological polar surface area (TPSA) is 107 Å². The number of ether oxygens (including phenoxy) is 1. The van der Waals surface area contributed by atoms with Crippen molar-refractivity contribution in [3.63, 3.8) is 0 Å². The van der Waals surface area contributed by atoms with Crippen LogP contribution in [0.25, 0.3) is 0 Å². The number of anilines is 2. The number of aromatic nitrogens is 2. The molecule has 25 heavy (non-hydrogen) atoms. The Hall–Kier alpha value is -3.13. The van der Waals surface area contributed by atoms with Gasteiger partial charge in [-0.3, -0.25) is 0 Å². The molecule has 0 spiro atoms. The zero-order chi connectivity index (χ0) is 17.9. The quantitative estimate of drug-likeness (QED) is 0.681. The van der Waals surface area contributed by atoms with Crippen LogP contribution >= 0.6 is 0 Å². The van der Waals surface area contributed by atoms with E-state index in [0.29, 0.717) is 17.1 Å². The zero-order valence-electron chi connectivity index (χ0n) is 13.4. The minimum atomic E-state index is -3.82. The number of nitrogen functional groups attached to an aromatic ring is 1. The summed E-state index contributed by atoms with van der Waals surface area (Å²) in [6.45, 7) is 1.72. The van der Waals surface area contributed by atoms with Gasteiger partial charge in [-0.15, -0.1) is 0 Å². The average Bonchev–Trinajstić information content (AvgIpc) is 2.55. The number of nitrogens with one attached hydrogen (secondary N) is 1. The van der Waals surface area contributed by atoms with Crippen LogP contribution in [0.5, 0.6) is 11.6 Å². The van der Waals surface area contributed by atoms with Crippen molar-refractivity contribution in [3.8, 4) is 11.6 Å². The highest BCUT2D eigenvalue weighted by molar-refractivity contribution is 7.92. The molecule has 0 saturated carbocycles. The molecule has 0 aliphatic rings. The van der Waals surface area contributed by atoms with Gasteiger partial charge in [0.1, 0.15) is 5.75 Å². The van der Waals surface area contributed by atoms with Crippen molar-refractivity contribution in [1.82, 2.24) is 9.97 Å². The molecule has 8 heteroatoms. The Morgan fingerprint density at radius 3 is 2.36 bits per heavy atom. The number of rotatable bonds is 5. The maximum Gasteiger partial charge on any atom is 0.264 e. The molecule has 0 aliphatic heterocycles. The lowest BCUT2D eigenvalue weighted by Gasteiger charge is -2.10. The van der Waals surface area contributed by atoms with Gasteiger partial charge < -0.3 is 10.5 Å². The molecule has 1 aromatic heterocycles. The van der Waals surface area contributed by atoms with Crippen LogP contribution in [0.1, 0.15) is 5.69 Å². The van der Waals surface area contributed by atoms with Crippen molar-refractivity contribution in [2.75, 3.05) is 10.5 Å². The van der Waals surface area contributed by atoms with Gasteiger partial charge in [0.05, 0.1) is 4.90 Å². The molecule has 0 fully saturated rings. The second-order valence-corrected chi connectivity index (χ2v) is 6.94. The van der Waals surface area contributed by atoms with E-state index < -0.39 is 10.0 Å². The van der Waals surface area contributed by atoms with Gasteiger partial charge in [0.2, 0.25) is 11.8 Å². The fourth-order valence-electron chi connectivity index (χ4n) is 2.07. The highest BCUT2D eigenvalue weighted by atomic mass is 32.2. The van der Waals surface area contributed by atoms with Crippen LogP contribution < -0.4 is 15.2 Å². The molecule has 0 unspecified atom stereocenters. The van der Waals surface area contributed by atoms with Crippen molar-refractivity contribution in [2.24, 2.45) is 0 Å². The first-order valence-corrected chi connectivity index (χ1v) is 8.88. The maximum atomic E-state index is 12.4. The van der Waals surface area contributed by atoms with Crippen LogP contribution in [0.15, 0.2) is 65.6 Å². The van der Waals surface area contributed by atoms with E-state index in [1.807, 2.05) is 18.2 Å². The van der Waals surface area contributed by atoms with E-state index in [4.69, 9.17) is 10.5 Å². The van der Waals surface area contributed by atoms with Crippen molar-refractivity contribution >= 4 is 21.7 Å². The van der Waals surface area contributed by atoms with Gasteiger partial charge in [-0.25, -0.2) is 18.1 Å². The third kappa shape index (κ3) is 4.24. The standard InChI is InChI=1S/C17H16N4O3S/c1-12-11-16(24-14-5-3-2-4-6-14)20-17(19-12)21-25(22,23)15-9-7-13(18)8-10-15/h2-11H,18H2,1H3,(H,19,20,21). The molecule has 0 saturated heterocycles. The summed E-state index contributed by atoms with van der Waals surface area (Å²) in [7, 11) is -3.82. The number of hydrogen-bond donors (Lipinski definition) is 2. The Bertz CT molecular complexity index is 975. The van der Waals surface area contributed by atoms with Crippen molar-refractivity contribution in [3.05, 3.63) is 66.4 Å². The summed E-state index contributed by atoms with van der Waals surface area (Å²) in [6, 6.07) is 16.5. The van der Waals surface area contributed by atoms with E-state index in [1.54, 1.807) is 25.1 Å². The van der Waals surface area contributed by atoms with Crippen LogP contribution in [0.3, 0.4) is 0 Å². The summed E-state index contributed by atoms with van der Waals surface area (Å²) < 4.78 is 32.8. The lowest BCUT2D eigenvalue weighted by atomic mass is 10.3. The number of nitrogens with two attached hydrogens (primary N) is 1. The molecule has 128 valence electrons. The number of benzene rings is 2. The maximum absolute atomic E-state index is 12.4. The van der Waals surface area contributed by atoms with E-state index in [0.717, 1.165) is 0 Å². The highest BCUT2D eigenvalue weighted by Crippen LogP contribution is 2.22. The summed E-state index contributed by atoms with van der Waals surface area (Å²) >= 11 is 0. The van der Waals surface area contributed by atoms with Crippen LogP contribution in [-0.2, 0) is 10.0 Å². The fraction of sp³-hybridized carbons (Fsp3) is 0.0588. The van der Waals surface area contributed by atoms with E-state index >= 15 is 0 Å². The SMILES string of the molecule is Cc1cc(Oc2ccccc2)nc(NS(=O)(=O)c2ccc(N)cc2)n1. The number of para-hydroxylation sites is 1. The fourth-order valence-corrected chi connectivity index (χ4v) is 3.02. The Labute approximate surface area is 145 Å². The van der Waals surface area contributed by atoms with E-state index in [-0.39, 0.29) is 16.7 Å². The molecule has 0 amide bonds. The minimum absolute atomic E-state index is 0.0669. The van der Waals surface area contributed by atoms with Crippen molar-refractivity contribution in [2.45, 2.75) is 11.8 Å². The number of nitrogens with zero attached hydrogens (tertiary/aromatic N) is 2. The second-order valence-electron chi connectivity index (χ2n) is 5.26. The van der Waals surface area contributed by atoms with E-state index in [1.165, 1.54) is 24.3 Å². The summed E-state index contributed by atoms with van der Waals surface area (Å²) in [6.07, 6.45) is 0. The Kier molecular flexibility index (Phi) is 4.53. The Morgan fingerprint density at radius 2 is 1.68 bits per heavy atom. The van der Waals surface area contributed by atoms with Gasteiger partial charge in [-0.05, 0) is 43.3 Å². The average molecular weight is 356 g/mol. The van der Waals surface area contributed by atoms with Gasteiger partial charge in [-0.1, -0.05) is 18.2 Å². The molecule has 0 radical (unpaired) electrons. The summed E-state index contributed by atoms with van der Waals surface area (Å²) in [5, 5.41) is 0. The smallest absolute Gasteiger partial charge is 0.264 e. The Morgan fingerprint density at radius 1 is 1.00 bits per heavy atom. The van der Waals surface area contributed by atoms with Gasteiger partial charge >= 0.3 is 0 Å². The van der Waals surface area contributed by atoms with Crippen LogP contribution in [0.2, 0.25) is 0 Å². The predicted molar refractivity (Wildman–Crippen MR) is 94.9 cm³/mol. The molecule has 3 aromatic rings. The minimum Gasteiger partial charge on any atom is -0.439 e. The molecule has 3 N–H and O–H groups in total. The lowest BCUT2D eigenvalue weighted by Crippen LogP contribution is -2.15. The largest absolute Gasteiger partial charge is 0.439 e. The molecule has 2 aromatic carbocycles. The highest BCUT2D eigenvalue weighted by Gasteiger charge is 2.16. The number of hydrogen-bond acceptors (Lipinski definition) is 6. The van der Waals surface area contributed by atoms with Gasteiger partial charge in [-0.2, -0.15) is 4.98 Å². The van der Waals surface area contributed by atoms with Gasteiger partial charge in [0.15, 0.2) is 0 Å². The zero-order valence-corrected chi connectivity index (χ0v) is 14.2. The van der Waals surface area contributed by atoms with E-state index in [2.05, 4.69) is 14.7 Å². The van der Waals surface area contributed by atoms with Crippen LogP contribution in [0, 0.1) is 6.92 Å².